The lowest BCUT2D eigenvalue weighted by Gasteiger charge is -2.04. The molecule has 104 valence electrons. The number of carboxylic acids is 1. The van der Waals surface area contributed by atoms with Crippen LogP contribution >= 0.6 is 15.9 Å². The Morgan fingerprint density at radius 2 is 2.15 bits per heavy atom. The number of rotatable bonds is 5. The number of aliphatic carboxylic acids is 1. The number of nitrogens with one attached hydrogen (secondary N) is 1. The Kier molecular flexibility index (Phi) is 3.84. The van der Waals surface area contributed by atoms with E-state index in [9.17, 15) is 19.7 Å². The van der Waals surface area contributed by atoms with Gasteiger partial charge in [0.05, 0.1) is 16.2 Å². The van der Waals surface area contributed by atoms with E-state index in [2.05, 4.69) is 20.9 Å². The fourth-order valence-electron chi connectivity index (χ4n) is 1.84. The van der Waals surface area contributed by atoms with Crippen molar-refractivity contribution in [3.05, 3.63) is 40.1 Å². The lowest BCUT2D eigenvalue weighted by molar-refractivity contribution is -0.384. The number of alkyl halides is 1. The van der Waals surface area contributed by atoms with Gasteiger partial charge in [-0.15, -0.1) is 0 Å². The highest BCUT2D eigenvalue weighted by molar-refractivity contribution is 9.10. The zero-order valence-electron chi connectivity index (χ0n) is 10.00. The van der Waals surface area contributed by atoms with Gasteiger partial charge in [-0.25, -0.2) is 0 Å². The van der Waals surface area contributed by atoms with Gasteiger partial charge in [0, 0.05) is 34.8 Å². The number of aromatic nitrogens is 1. The first-order chi connectivity index (χ1) is 9.40. The first-order valence-electron chi connectivity index (χ1n) is 5.55. The molecule has 1 atom stereocenters. The van der Waals surface area contributed by atoms with Gasteiger partial charge in [0.1, 0.15) is 0 Å². The Morgan fingerprint density at radius 1 is 1.45 bits per heavy atom. The summed E-state index contributed by atoms with van der Waals surface area (Å²) in [6.45, 7) is 0. The second kappa shape index (κ2) is 5.41. The summed E-state index contributed by atoms with van der Waals surface area (Å²) in [4.78, 5) is 34.9. The number of benzene rings is 1. The van der Waals surface area contributed by atoms with Crippen molar-refractivity contribution in [2.45, 2.75) is 11.2 Å². The van der Waals surface area contributed by atoms with Crippen molar-refractivity contribution in [3.63, 3.8) is 0 Å². The van der Waals surface area contributed by atoms with Crippen LogP contribution in [0.3, 0.4) is 0 Å². The molecule has 1 unspecified atom stereocenters. The second-order valence-corrected chi connectivity index (χ2v) is 5.22. The lowest BCUT2D eigenvalue weighted by atomic mass is 10.1. The molecular weight excluding hydrogens is 332 g/mol. The first kappa shape index (κ1) is 14.2. The molecule has 1 heterocycles. The molecule has 8 heteroatoms. The second-order valence-electron chi connectivity index (χ2n) is 4.12. The van der Waals surface area contributed by atoms with Crippen LogP contribution in [0.25, 0.3) is 10.9 Å². The van der Waals surface area contributed by atoms with Gasteiger partial charge >= 0.3 is 5.97 Å². The number of nitro groups is 1. The van der Waals surface area contributed by atoms with E-state index in [1.165, 1.54) is 24.4 Å². The summed E-state index contributed by atoms with van der Waals surface area (Å²) in [7, 11) is 0. The third kappa shape index (κ3) is 2.69. The van der Waals surface area contributed by atoms with Gasteiger partial charge in [-0.05, 0) is 6.07 Å². The van der Waals surface area contributed by atoms with E-state index in [1.807, 2.05) is 0 Å². The number of aromatic amines is 1. The third-order valence-electron chi connectivity index (χ3n) is 2.78. The minimum atomic E-state index is -1.11. The molecule has 0 fully saturated rings. The summed E-state index contributed by atoms with van der Waals surface area (Å²) in [6, 6.07) is 4.13. The molecule has 2 N–H and O–H groups in total. The van der Waals surface area contributed by atoms with Gasteiger partial charge in [-0.3, -0.25) is 19.7 Å². The van der Waals surface area contributed by atoms with Crippen LogP contribution in [0.15, 0.2) is 24.4 Å². The molecule has 0 saturated heterocycles. The number of halogens is 1. The van der Waals surface area contributed by atoms with Crippen LogP contribution in [0.4, 0.5) is 5.69 Å². The van der Waals surface area contributed by atoms with E-state index in [0.717, 1.165) is 0 Å². The van der Waals surface area contributed by atoms with Gasteiger partial charge in [0.2, 0.25) is 0 Å². The molecule has 0 aliphatic heterocycles. The van der Waals surface area contributed by atoms with Crippen molar-refractivity contribution < 1.29 is 19.6 Å². The standard InChI is InChI=1S/C12H9BrN2O5/c13-9(4-11(16)17)12(18)8-5-14-10-2-1-6(15(19)20)3-7(8)10/h1-3,5,9,14H,4H2,(H,16,17). The highest BCUT2D eigenvalue weighted by Gasteiger charge is 2.23. The van der Waals surface area contributed by atoms with E-state index < -0.39 is 21.5 Å². The van der Waals surface area contributed by atoms with Crippen LogP contribution in [-0.4, -0.2) is 31.6 Å². The Labute approximate surface area is 120 Å². The molecule has 0 bridgehead atoms. The maximum Gasteiger partial charge on any atom is 0.304 e. The first-order valence-corrected chi connectivity index (χ1v) is 6.47. The minimum absolute atomic E-state index is 0.129. The molecule has 0 radical (unpaired) electrons. The molecule has 1 aromatic carbocycles. The number of H-pyrrole nitrogens is 1. The molecule has 2 rings (SSSR count). The minimum Gasteiger partial charge on any atom is -0.481 e. The molecular formula is C12H9BrN2O5. The number of hydrogen-bond donors (Lipinski definition) is 2. The van der Waals surface area contributed by atoms with Crippen molar-refractivity contribution >= 4 is 44.3 Å². The molecule has 0 aliphatic carbocycles. The monoisotopic (exact) mass is 340 g/mol. The molecule has 2 aromatic rings. The molecule has 7 nitrogen and oxygen atoms in total. The largest absolute Gasteiger partial charge is 0.481 e. The summed E-state index contributed by atoms with van der Waals surface area (Å²) in [5, 5.41) is 19.8. The number of carboxylic acid groups (broad SMARTS) is 1. The molecule has 0 amide bonds. The van der Waals surface area contributed by atoms with Crippen LogP contribution in [0, 0.1) is 10.1 Å². The molecule has 20 heavy (non-hydrogen) atoms. The van der Waals surface area contributed by atoms with E-state index in [1.54, 1.807) is 0 Å². The number of nitro benzene ring substituents is 1. The van der Waals surface area contributed by atoms with Gasteiger partial charge in [0.25, 0.3) is 5.69 Å². The zero-order chi connectivity index (χ0) is 14.9. The Balaban J connectivity index is 2.43. The molecule has 0 spiro atoms. The zero-order valence-corrected chi connectivity index (χ0v) is 11.6. The Morgan fingerprint density at radius 3 is 2.75 bits per heavy atom. The summed E-state index contributed by atoms with van der Waals surface area (Å²) in [5.74, 6) is -1.54. The van der Waals surface area contributed by atoms with Crippen molar-refractivity contribution in [3.8, 4) is 0 Å². The lowest BCUT2D eigenvalue weighted by Crippen LogP contribution is -2.17. The van der Waals surface area contributed by atoms with Crippen LogP contribution in [-0.2, 0) is 4.79 Å². The number of non-ortho nitro benzene ring substituents is 1. The highest BCUT2D eigenvalue weighted by Crippen LogP contribution is 2.26. The van der Waals surface area contributed by atoms with E-state index in [4.69, 9.17) is 5.11 Å². The number of hydrogen-bond acceptors (Lipinski definition) is 4. The van der Waals surface area contributed by atoms with Crippen molar-refractivity contribution in [2.75, 3.05) is 0 Å². The van der Waals surface area contributed by atoms with Gasteiger partial charge < -0.3 is 10.1 Å². The number of carbonyl (C=O) groups is 2. The van der Waals surface area contributed by atoms with Crippen LogP contribution in [0.5, 0.6) is 0 Å². The topological polar surface area (TPSA) is 113 Å². The normalized spacial score (nSPS) is 12.2. The molecule has 1 aromatic heterocycles. The summed E-state index contributed by atoms with van der Waals surface area (Å²) < 4.78 is 0. The van der Waals surface area contributed by atoms with Crippen molar-refractivity contribution in [1.29, 1.82) is 0 Å². The number of ketones is 1. The highest BCUT2D eigenvalue weighted by atomic mass is 79.9. The SMILES string of the molecule is O=C(O)CC(Br)C(=O)c1c[nH]c2ccc([N+](=O)[O-])cc12. The van der Waals surface area contributed by atoms with Gasteiger partial charge in [-0.1, -0.05) is 15.9 Å². The summed E-state index contributed by atoms with van der Waals surface area (Å²) in [6.07, 6.45) is 1.06. The van der Waals surface area contributed by atoms with Gasteiger partial charge in [-0.2, -0.15) is 0 Å². The Hall–Kier alpha value is -2.22. The smallest absolute Gasteiger partial charge is 0.304 e. The number of Topliss-reactive ketones (excluding diaryl/α,β-unsaturated/α-hetero) is 1. The Bertz CT molecular complexity index is 709. The maximum atomic E-state index is 12.1. The van der Waals surface area contributed by atoms with E-state index in [-0.39, 0.29) is 17.7 Å². The fourth-order valence-corrected chi connectivity index (χ4v) is 2.36. The van der Waals surface area contributed by atoms with Crippen molar-refractivity contribution in [2.24, 2.45) is 0 Å². The van der Waals surface area contributed by atoms with E-state index in [0.29, 0.717) is 10.9 Å². The number of nitrogens with zero attached hydrogens (tertiary/aromatic N) is 1. The maximum absolute atomic E-state index is 12.1. The summed E-state index contributed by atoms with van der Waals surface area (Å²) in [5.41, 5.74) is 0.677. The number of fused-ring (bicyclic) bond motifs is 1. The average molecular weight is 341 g/mol. The van der Waals surface area contributed by atoms with Crippen LogP contribution in [0.1, 0.15) is 16.8 Å². The number of carbonyl (C=O) groups excluding carboxylic acids is 1. The molecule has 0 aliphatic rings. The summed E-state index contributed by atoms with van der Waals surface area (Å²) >= 11 is 3.02. The fraction of sp³-hybridized carbons (Fsp3) is 0.167. The molecule has 0 saturated carbocycles. The quantitative estimate of drug-likeness (QED) is 0.375. The van der Waals surface area contributed by atoms with E-state index >= 15 is 0 Å². The third-order valence-corrected chi connectivity index (χ3v) is 3.52. The van der Waals surface area contributed by atoms with Crippen LogP contribution < -0.4 is 0 Å². The van der Waals surface area contributed by atoms with Crippen LogP contribution in [0.2, 0.25) is 0 Å². The average Bonchev–Trinajstić information content (AvgIpc) is 2.79. The predicted molar refractivity (Wildman–Crippen MR) is 74.3 cm³/mol. The van der Waals surface area contributed by atoms with Gasteiger partial charge in [0.15, 0.2) is 5.78 Å². The predicted octanol–water partition coefficient (Wildman–Crippen LogP) is 2.50. The van der Waals surface area contributed by atoms with Crippen molar-refractivity contribution in [1.82, 2.24) is 4.98 Å².